The number of hydrogen-bond acceptors (Lipinski definition) is 3. The Hall–Kier alpha value is -1.03. The molecule has 80 valence electrons. The molecule has 0 spiro atoms. The molecular weight excluding hydrogens is 178 g/mol. The average Bonchev–Trinajstić information content (AvgIpc) is 2.55. The van der Waals surface area contributed by atoms with Crippen LogP contribution in [0.2, 0.25) is 0 Å². The van der Waals surface area contributed by atoms with Gasteiger partial charge in [-0.15, -0.1) is 0 Å². The number of methoxy groups -OCH3 is 1. The molecule has 1 rings (SSSR count). The summed E-state index contributed by atoms with van der Waals surface area (Å²) in [7, 11) is 3.63. The highest BCUT2D eigenvalue weighted by Crippen LogP contribution is 2.17. The second kappa shape index (κ2) is 5.65. The van der Waals surface area contributed by atoms with E-state index in [0.717, 1.165) is 31.7 Å². The van der Waals surface area contributed by atoms with Crippen LogP contribution < -0.4 is 10.1 Å². The van der Waals surface area contributed by atoms with Crippen LogP contribution >= 0.6 is 0 Å². The van der Waals surface area contributed by atoms with Gasteiger partial charge < -0.3 is 10.1 Å². The second-order valence-electron chi connectivity index (χ2n) is 3.24. The molecule has 0 aromatic carbocycles. The van der Waals surface area contributed by atoms with Crippen LogP contribution in [0.3, 0.4) is 0 Å². The zero-order chi connectivity index (χ0) is 10.4. The number of aromatic nitrogens is 2. The predicted octanol–water partition coefficient (Wildman–Crippen LogP) is 0.971. The maximum absolute atomic E-state index is 5.22. The number of aryl methyl sites for hydroxylation is 1. The van der Waals surface area contributed by atoms with E-state index >= 15 is 0 Å². The van der Waals surface area contributed by atoms with E-state index in [1.165, 1.54) is 5.69 Å². The molecule has 0 aliphatic rings. The van der Waals surface area contributed by atoms with Crippen molar-refractivity contribution in [1.82, 2.24) is 15.1 Å². The molecule has 1 heterocycles. The minimum Gasteiger partial charge on any atom is -0.493 e. The molecule has 14 heavy (non-hydrogen) atoms. The van der Waals surface area contributed by atoms with Crippen molar-refractivity contribution in [2.45, 2.75) is 19.8 Å². The van der Waals surface area contributed by atoms with Gasteiger partial charge in [0.25, 0.3) is 0 Å². The van der Waals surface area contributed by atoms with Crippen LogP contribution in [0.25, 0.3) is 0 Å². The fourth-order valence-corrected chi connectivity index (χ4v) is 1.46. The first-order valence-electron chi connectivity index (χ1n) is 5.05. The summed E-state index contributed by atoms with van der Waals surface area (Å²) < 4.78 is 7.10. The van der Waals surface area contributed by atoms with Gasteiger partial charge in [-0.3, -0.25) is 4.68 Å². The topological polar surface area (TPSA) is 39.1 Å². The number of nitrogens with zero attached hydrogens (tertiary/aromatic N) is 2. The first kappa shape index (κ1) is 11.0. The Morgan fingerprint density at radius 1 is 1.57 bits per heavy atom. The fourth-order valence-electron chi connectivity index (χ4n) is 1.46. The van der Waals surface area contributed by atoms with Crippen molar-refractivity contribution >= 4 is 0 Å². The molecular formula is C10H19N3O. The zero-order valence-electron chi connectivity index (χ0n) is 9.21. The van der Waals surface area contributed by atoms with Gasteiger partial charge in [-0.05, 0) is 25.9 Å². The average molecular weight is 197 g/mol. The minimum absolute atomic E-state index is 0.893. The lowest BCUT2D eigenvalue weighted by molar-refractivity contribution is 0.407. The SMILES string of the molecule is CCNCCCc1c(OC)cnn1C. The number of rotatable bonds is 6. The van der Waals surface area contributed by atoms with Gasteiger partial charge in [0.05, 0.1) is 19.0 Å². The van der Waals surface area contributed by atoms with E-state index in [1.54, 1.807) is 13.3 Å². The highest BCUT2D eigenvalue weighted by atomic mass is 16.5. The molecule has 0 saturated heterocycles. The normalized spacial score (nSPS) is 10.5. The molecule has 1 aromatic rings. The van der Waals surface area contributed by atoms with Crippen LogP contribution in [-0.4, -0.2) is 30.0 Å². The smallest absolute Gasteiger partial charge is 0.159 e. The van der Waals surface area contributed by atoms with Gasteiger partial charge in [0.15, 0.2) is 5.75 Å². The van der Waals surface area contributed by atoms with Crippen molar-refractivity contribution in [3.05, 3.63) is 11.9 Å². The van der Waals surface area contributed by atoms with Gasteiger partial charge in [0, 0.05) is 7.05 Å². The Kier molecular flexibility index (Phi) is 4.46. The lowest BCUT2D eigenvalue weighted by Gasteiger charge is -2.05. The van der Waals surface area contributed by atoms with Gasteiger partial charge in [-0.1, -0.05) is 6.92 Å². The second-order valence-corrected chi connectivity index (χ2v) is 3.24. The van der Waals surface area contributed by atoms with Crippen LogP contribution in [0.4, 0.5) is 0 Å². The van der Waals surface area contributed by atoms with Crippen molar-refractivity contribution in [2.75, 3.05) is 20.2 Å². The molecule has 0 aliphatic carbocycles. The largest absolute Gasteiger partial charge is 0.493 e. The molecule has 1 N–H and O–H groups in total. The zero-order valence-corrected chi connectivity index (χ0v) is 9.21. The van der Waals surface area contributed by atoms with Crippen molar-refractivity contribution in [3.63, 3.8) is 0 Å². The quantitative estimate of drug-likeness (QED) is 0.691. The van der Waals surface area contributed by atoms with Crippen molar-refractivity contribution in [1.29, 1.82) is 0 Å². The third-order valence-corrected chi connectivity index (χ3v) is 2.26. The fraction of sp³-hybridized carbons (Fsp3) is 0.700. The third-order valence-electron chi connectivity index (χ3n) is 2.26. The van der Waals surface area contributed by atoms with E-state index in [1.807, 2.05) is 11.7 Å². The van der Waals surface area contributed by atoms with Crippen LogP contribution in [-0.2, 0) is 13.5 Å². The Morgan fingerprint density at radius 3 is 3.00 bits per heavy atom. The summed E-state index contributed by atoms with van der Waals surface area (Å²) in [4.78, 5) is 0. The van der Waals surface area contributed by atoms with Crippen molar-refractivity contribution in [2.24, 2.45) is 7.05 Å². The first-order chi connectivity index (χ1) is 6.79. The molecule has 0 unspecified atom stereocenters. The van der Waals surface area contributed by atoms with E-state index in [9.17, 15) is 0 Å². The molecule has 4 nitrogen and oxygen atoms in total. The summed E-state index contributed by atoms with van der Waals surface area (Å²) in [5, 5.41) is 7.45. The summed E-state index contributed by atoms with van der Waals surface area (Å²) in [5.74, 6) is 0.893. The Morgan fingerprint density at radius 2 is 2.36 bits per heavy atom. The maximum Gasteiger partial charge on any atom is 0.159 e. The van der Waals surface area contributed by atoms with Crippen LogP contribution in [0.15, 0.2) is 6.20 Å². The van der Waals surface area contributed by atoms with Gasteiger partial charge in [0.2, 0.25) is 0 Å². The van der Waals surface area contributed by atoms with E-state index in [-0.39, 0.29) is 0 Å². The van der Waals surface area contributed by atoms with E-state index in [4.69, 9.17) is 4.74 Å². The van der Waals surface area contributed by atoms with Crippen LogP contribution in [0.1, 0.15) is 19.0 Å². The van der Waals surface area contributed by atoms with Crippen molar-refractivity contribution in [3.8, 4) is 5.75 Å². The number of hydrogen-bond donors (Lipinski definition) is 1. The van der Waals surface area contributed by atoms with Gasteiger partial charge in [-0.25, -0.2) is 0 Å². The van der Waals surface area contributed by atoms with Crippen molar-refractivity contribution < 1.29 is 4.74 Å². The Bertz CT molecular complexity index is 270. The molecule has 0 radical (unpaired) electrons. The highest BCUT2D eigenvalue weighted by molar-refractivity contribution is 5.24. The molecule has 0 fully saturated rings. The standard InChI is InChI=1S/C10H19N3O/c1-4-11-7-5-6-9-10(14-3)8-12-13(9)2/h8,11H,4-7H2,1-3H3. The third kappa shape index (κ3) is 2.73. The number of ether oxygens (including phenoxy) is 1. The predicted molar refractivity (Wildman–Crippen MR) is 56.6 cm³/mol. The molecule has 0 atom stereocenters. The lowest BCUT2D eigenvalue weighted by atomic mass is 10.2. The van der Waals surface area contributed by atoms with Crippen LogP contribution in [0.5, 0.6) is 5.75 Å². The monoisotopic (exact) mass is 197 g/mol. The van der Waals surface area contributed by atoms with E-state index in [2.05, 4.69) is 17.3 Å². The van der Waals surface area contributed by atoms with Gasteiger partial charge in [-0.2, -0.15) is 5.10 Å². The molecule has 0 amide bonds. The summed E-state index contributed by atoms with van der Waals surface area (Å²) >= 11 is 0. The van der Waals surface area contributed by atoms with Gasteiger partial charge >= 0.3 is 0 Å². The molecule has 0 saturated carbocycles. The summed E-state index contributed by atoms with van der Waals surface area (Å²) in [6, 6.07) is 0. The van der Waals surface area contributed by atoms with E-state index < -0.39 is 0 Å². The Labute approximate surface area is 85.3 Å². The molecule has 4 heteroatoms. The molecule has 0 bridgehead atoms. The van der Waals surface area contributed by atoms with Gasteiger partial charge in [0.1, 0.15) is 0 Å². The van der Waals surface area contributed by atoms with E-state index in [0.29, 0.717) is 0 Å². The number of nitrogens with one attached hydrogen (secondary N) is 1. The maximum atomic E-state index is 5.22. The summed E-state index contributed by atoms with van der Waals surface area (Å²) in [5.41, 5.74) is 1.17. The Balaban J connectivity index is 2.44. The summed E-state index contributed by atoms with van der Waals surface area (Å²) in [6.07, 6.45) is 3.89. The molecule has 0 aliphatic heterocycles. The lowest BCUT2D eigenvalue weighted by Crippen LogP contribution is -2.15. The summed E-state index contributed by atoms with van der Waals surface area (Å²) in [6.45, 7) is 4.19. The van der Waals surface area contributed by atoms with Crippen LogP contribution in [0, 0.1) is 0 Å². The molecule has 1 aromatic heterocycles. The minimum atomic E-state index is 0.893. The highest BCUT2D eigenvalue weighted by Gasteiger charge is 2.07. The first-order valence-corrected chi connectivity index (χ1v) is 5.05.